The standard InChI is InChI=1S/C18H20N4.C6H10O2/c1-12-20-9-10-22(12)11-13-7-8-16-17(18(13)19)14-5-3-4-6-15(14)21(16)2;7-6(8)5-3-1-2-4-5/h3-6,9-10,13,19H,7-8,11H2,1-2H3;5H,1-4H2,(H,7,8). The van der Waals surface area contributed by atoms with Gasteiger partial charge < -0.3 is 19.7 Å². The molecule has 2 N–H and O–H groups in total. The van der Waals surface area contributed by atoms with Gasteiger partial charge in [-0.05, 0) is 38.7 Å². The van der Waals surface area contributed by atoms with Crippen molar-refractivity contribution in [3.8, 4) is 0 Å². The van der Waals surface area contributed by atoms with Gasteiger partial charge in [-0.3, -0.25) is 4.79 Å². The minimum Gasteiger partial charge on any atom is -0.481 e. The van der Waals surface area contributed by atoms with Crippen LogP contribution in [0.5, 0.6) is 0 Å². The molecule has 158 valence electrons. The highest BCUT2D eigenvalue weighted by molar-refractivity contribution is 6.12. The lowest BCUT2D eigenvalue weighted by Gasteiger charge is -2.25. The van der Waals surface area contributed by atoms with Crippen LogP contribution >= 0.6 is 0 Å². The predicted octanol–water partition coefficient (Wildman–Crippen LogP) is 4.57. The topological polar surface area (TPSA) is 83.9 Å². The number of carboxylic acids is 1. The Morgan fingerprint density at radius 1 is 1.23 bits per heavy atom. The Labute approximate surface area is 177 Å². The number of rotatable bonds is 3. The normalized spacial score (nSPS) is 18.9. The van der Waals surface area contributed by atoms with Crippen LogP contribution in [0.4, 0.5) is 0 Å². The van der Waals surface area contributed by atoms with Crippen LogP contribution in [0, 0.1) is 24.2 Å². The lowest BCUT2D eigenvalue weighted by molar-refractivity contribution is -0.141. The zero-order valence-corrected chi connectivity index (χ0v) is 17.8. The van der Waals surface area contributed by atoms with Crippen molar-refractivity contribution in [2.45, 2.75) is 52.0 Å². The van der Waals surface area contributed by atoms with Gasteiger partial charge in [0.05, 0.1) is 5.92 Å². The zero-order chi connectivity index (χ0) is 21.3. The summed E-state index contributed by atoms with van der Waals surface area (Å²) in [6.45, 7) is 2.88. The number of fused-ring (bicyclic) bond motifs is 3. The fraction of sp³-hybridized carbons (Fsp3) is 0.458. The highest BCUT2D eigenvalue weighted by Crippen LogP contribution is 2.34. The zero-order valence-electron chi connectivity index (χ0n) is 17.8. The number of para-hydroxylation sites is 1. The molecule has 30 heavy (non-hydrogen) atoms. The van der Waals surface area contributed by atoms with Gasteiger partial charge in [0.25, 0.3) is 0 Å². The van der Waals surface area contributed by atoms with Crippen molar-refractivity contribution in [3.63, 3.8) is 0 Å². The molecular formula is C24H30N4O2. The molecule has 6 heteroatoms. The molecule has 3 aromatic rings. The number of carbonyl (C=O) groups is 1. The number of nitrogens with one attached hydrogen (secondary N) is 1. The third-order valence-corrected chi connectivity index (χ3v) is 6.68. The van der Waals surface area contributed by atoms with Gasteiger partial charge >= 0.3 is 5.97 Å². The van der Waals surface area contributed by atoms with Crippen molar-refractivity contribution in [1.82, 2.24) is 14.1 Å². The van der Waals surface area contributed by atoms with Crippen LogP contribution in [0.3, 0.4) is 0 Å². The maximum atomic E-state index is 10.2. The summed E-state index contributed by atoms with van der Waals surface area (Å²) in [6.07, 6.45) is 9.94. The number of aryl methyl sites for hydroxylation is 2. The van der Waals surface area contributed by atoms with Crippen molar-refractivity contribution in [2.24, 2.45) is 18.9 Å². The maximum Gasteiger partial charge on any atom is 0.306 e. The van der Waals surface area contributed by atoms with Crippen molar-refractivity contribution < 1.29 is 9.90 Å². The first-order chi connectivity index (χ1) is 14.5. The minimum absolute atomic E-state index is 0.0185. The maximum absolute atomic E-state index is 10.2. The quantitative estimate of drug-likeness (QED) is 0.668. The highest BCUT2D eigenvalue weighted by Gasteiger charge is 2.29. The highest BCUT2D eigenvalue weighted by atomic mass is 16.4. The van der Waals surface area contributed by atoms with Gasteiger partial charge in [-0.25, -0.2) is 4.98 Å². The third-order valence-electron chi connectivity index (χ3n) is 6.68. The SMILES string of the molecule is Cc1nccn1CC1CCc2c(c3ccccc3n2C)C1=N.O=C(O)C1CCCC1. The molecule has 1 fully saturated rings. The molecule has 2 aromatic heterocycles. The van der Waals surface area contributed by atoms with Gasteiger partial charge in [-0.1, -0.05) is 31.0 Å². The fourth-order valence-corrected chi connectivity index (χ4v) is 4.89. The smallest absolute Gasteiger partial charge is 0.306 e. The van der Waals surface area contributed by atoms with E-state index in [-0.39, 0.29) is 11.8 Å². The molecule has 5 rings (SSSR count). The number of nitrogens with zero attached hydrogens (tertiary/aromatic N) is 3. The van der Waals surface area contributed by atoms with E-state index in [4.69, 9.17) is 10.5 Å². The van der Waals surface area contributed by atoms with E-state index >= 15 is 0 Å². The molecule has 0 amide bonds. The molecule has 1 unspecified atom stereocenters. The monoisotopic (exact) mass is 406 g/mol. The van der Waals surface area contributed by atoms with Crippen molar-refractivity contribution in [1.29, 1.82) is 5.41 Å². The minimum atomic E-state index is -0.609. The third kappa shape index (κ3) is 3.78. The molecule has 0 spiro atoms. The Kier molecular flexibility index (Phi) is 5.75. The average molecular weight is 407 g/mol. The van der Waals surface area contributed by atoms with Gasteiger partial charge in [-0.2, -0.15) is 0 Å². The number of hydrogen-bond donors (Lipinski definition) is 2. The molecule has 6 nitrogen and oxygen atoms in total. The summed E-state index contributed by atoms with van der Waals surface area (Å²) < 4.78 is 4.42. The molecule has 2 aliphatic carbocycles. The largest absolute Gasteiger partial charge is 0.481 e. The van der Waals surface area contributed by atoms with Crippen LogP contribution < -0.4 is 0 Å². The number of carboxylic acid groups (broad SMARTS) is 1. The first-order valence-corrected chi connectivity index (χ1v) is 10.8. The number of hydrogen-bond acceptors (Lipinski definition) is 3. The molecule has 2 aliphatic rings. The van der Waals surface area contributed by atoms with Crippen molar-refractivity contribution in [3.05, 3.63) is 53.7 Å². The second-order valence-electron chi connectivity index (χ2n) is 8.49. The lowest BCUT2D eigenvalue weighted by Crippen LogP contribution is -2.27. The Hall–Kier alpha value is -2.89. The van der Waals surface area contributed by atoms with E-state index in [1.807, 2.05) is 19.3 Å². The summed E-state index contributed by atoms with van der Waals surface area (Å²) in [5.41, 5.74) is 4.49. The number of aliphatic carboxylic acids is 1. The van der Waals surface area contributed by atoms with E-state index in [1.165, 1.54) is 16.6 Å². The van der Waals surface area contributed by atoms with Crippen LogP contribution in [-0.4, -0.2) is 30.9 Å². The van der Waals surface area contributed by atoms with E-state index in [0.717, 1.165) is 62.2 Å². The molecule has 2 heterocycles. The van der Waals surface area contributed by atoms with Gasteiger partial charge in [-0.15, -0.1) is 0 Å². The number of imidazole rings is 1. The molecule has 0 saturated heterocycles. The first kappa shape index (κ1) is 20.4. The second kappa shape index (κ2) is 8.46. The molecule has 1 aromatic carbocycles. The van der Waals surface area contributed by atoms with Gasteiger partial charge in [0.2, 0.25) is 0 Å². The summed E-state index contributed by atoms with van der Waals surface area (Å²) in [7, 11) is 2.12. The van der Waals surface area contributed by atoms with Gasteiger partial charge in [0.15, 0.2) is 0 Å². The van der Waals surface area contributed by atoms with E-state index in [1.54, 1.807) is 0 Å². The summed E-state index contributed by atoms with van der Waals surface area (Å²) in [4.78, 5) is 14.5. The first-order valence-electron chi connectivity index (χ1n) is 10.8. The van der Waals surface area contributed by atoms with Crippen LogP contribution in [-0.2, 0) is 24.8 Å². The molecule has 0 aliphatic heterocycles. The van der Waals surface area contributed by atoms with Crippen molar-refractivity contribution >= 4 is 22.6 Å². The van der Waals surface area contributed by atoms with Gasteiger partial charge in [0, 0.05) is 59.8 Å². The Balaban J connectivity index is 0.000000230. The van der Waals surface area contributed by atoms with E-state index in [2.05, 4.69) is 45.4 Å². The molecule has 1 atom stereocenters. The second-order valence-corrected chi connectivity index (χ2v) is 8.49. The Bertz CT molecular complexity index is 1070. The van der Waals surface area contributed by atoms with E-state index in [0.29, 0.717) is 0 Å². The van der Waals surface area contributed by atoms with E-state index < -0.39 is 5.97 Å². The molecule has 0 bridgehead atoms. The Morgan fingerprint density at radius 3 is 2.60 bits per heavy atom. The van der Waals surface area contributed by atoms with Crippen LogP contribution in [0.2, 0.25) is 0 Å². The summed E-state index contributed by atoms with van der Waals surface area (Å²) >= 11 is 0. The van der Waals surface area contributed by atoms with Crippen LogP contribution in [0.25, 0.3) is 10.9 Å². The van der Waals surface area contributed by atoms with Crippen LogP contribution in [0.1, 0.15) is 49.2 Å². The summed E-state index contributed by atoms with van der Waals surface area (Å²) in [6, 6.07) is 8.44. The van der Waals surface area contributed by atoms with Crippen molar-refractivity contribution in [2.75, 3.05) is 0 Å². The van der Waals surface area contributed by atoms with Gasteiger partial charge in [0.1, 0.15) is 5.82 Å². The molecule has 1 saturated carbocycles. The summed E-state index contributed by atoms with van der Waals surface area (Å²) in [5, 5.41) is 18.4. The number of benzene rings is 1. The molecular weight excluding hydrogens is 376 g/mol. The molecule has 0 radical (unpaired) electrons. The number of aromatic nitrogens is 3. The van der Waals surface area contributed by atoms with Crippen LogP contribution in [0.15, 0.2) is 36.7 Å². The Morgan fingerprint density at radius 2 is 1.97 bits per heavy atom. The summed E-state index contributed by atoms with van der Waals surface area (Å²) in [5.74, 6) is 0.667. The van der Waals surface area contributed by atoms with E-state index in [9.17, 15) is 4.79 Å². The predicted molar refractivity (Wildman–Crippen MR) is 118 cm³/mol. The average Bonchev–Trinajstić information content (AvgIpc) is 3.47. The lowest BCUT2D eigenvalue weighted by atomic mass is 9.84. The fourth-order valence-electron chi connectivity index (χ4n) is 4.89.